The summed E-state index contributed by atoms with van der Waals surface area (Å²) in [4.78, 5) is 24.1. The Morgan fingerprint density at radius 3 is 2.52 bits per heavy atom. The lowest BCUT2D eigenvalue weighted by Crippen LogP contribution is -2.37. The zero-order valence-electron chi connectivity index (χ0n) is 24.4. The van der Waals surface area contributed by atoms with Crippen LogP contribution < -0.4 is 19.8 Å². The number of ether oxygens (including phenoxy) is 4. The molecule has 1 saturated heterocycles. The van der Waals surface area contributed by atoms with E-state index in [0.717, 1.165) is 44.8 Å². The second-order valence-corrected chi connectivity index (χ2v) is 10.5. The minimum Gasteiger partial charge on any atom is -0.493 e. The van der Waals surface area contributed by atoms with Gasteiger partial charge in [0.15, 0.2) is 23.1 Å². The molecular formula is C34H33FN4O5. The maximum atomic E-state index is 15.3. The molecule has 2 aromatic heterocycles. The SMILES string of the molecule is COc1cc2c(Oc3ccc(-n4cnc(Cc5ccccc5)cc4=O)cc3F)ccnc2cc1OCCCN1CCOCC1. The van der Waals surface area contributed by atoms with Crippen molar-refractivity contribution in [2.24, 2.45) is 0 Å². The zero-order chi connectivity index (χ0) is 30.3. The second kappa shape index (κ2) is 13.7. The Morgan fingerprint density at radius 1 is 0.909 bits per heavy atom. The molecule has 44 heavy (non-hydrogen) atoms. The molecule has 6 rings (SSSR count). The van der Waals surface area contributed by atoms with E-state index in [9.17, 15) is 4.79 Å². The smallest absolute Gasteiger partial charge is 0.258 e. The maximum absolute atomic E-state index is 15.3. The van der Waals surface area contributed by atoms with Crippen molar-refractivity contribution in [2.75, 3.05) is 46.6 Å². The first kappa shape index (κ1) is 29.3. The van der Waals surface area contributed by atoms with Gasteiger partial charge in [0.05, 0.1) is 43.8 Å². The van der Waals surface area contributed by atoms with Gasteiger partial charge in [-0.25, -0.2) is 9.37 Å². The van der Waals surface area contributed by atoms with Gasteiger partial charge < -0.3 is 18.9 Å². The molecule has 0 radical (unpaired) electrons. The summed E-state index contributed by atoms with van der Waals surface area (Å²) in [5, 5.41) is 0.642. The van der Waals surface area contributed by atoms with Crippen LogP contribution in [0.2, 0.25) is 0 Å². The summed E-state index contributed by atoms with van der Waals surface area (Å²) in [5.41, 5.74) is 2.35. The van der Waals surface area contributed by atoms with E-state index in [2.05, 4.69) is 14.9 Å². The molecule has 1 aliphatic rings. The van der Waals surface area contributed by atoms with Crippen molar-refractivity contribution in [1.29, 1.82) is 0 Å². The number of hydrogen-bond acceptors (Lipinski definition) is 8. The number of morpholine rings is 1. The van der Waals surface area contributed by atoms with Gasteiger partial charge in [-0.2, -0.15) is 0 Å². The topological polar surface area (TPSA) is 87.9 Å². The molecule has 3 heterocycles. The first-order valence-corrected chi connectivity index (χ1v) is 14.6. The van der Waals surface area contributed by atoms with Crippen LogP contribution >= 0.6 is 0 Å². The Kier molecular flexibility index (Phi) is 9.09. The van der Waals surface area contributed by atoms with Gasteiger partial charge in [0.1, 0.15) is 12.1 Å². The Morgan fingerprint density at radius 2 is 1.75 bits per heavy atom. The van der Waals surface area contributed by atoms with E-state index < -0.39 is 5.82 Å². The number of pyridine rings is 1. The van der Waals surface area contributed by atoms with Crippen molar-refractivity contribution in [2.45, 2.75) is 12.8 Å². The maximum Gasteiger partial charge on any atom is 0.258 e. The van der Waals surface area contributed by atoms with Gasteiger partial charge >= 0.3 is 0 Å². The van der Waals surface area contributed by atoms with E-state index in [1.807, 2.05) is 30.3 Å². The van der Waals surface area contributed by atoms with Crippen LogP contribution in [0.5, 0.6) is 23.0 Å². The van der Waals surface area contributed by atoms with Crippen LogP contribution in [-0.2, 0) is 11.2 Å². The fourth-order valence-corrected chi connectivity index (χ4v) is 5.16. The van der Waals surface area contributed by atoms with Gasteiger partial charge in [-0.15, -0.1) is 0 Å². The minimum absolute atomic E-state index is 0.00496. The Balaban J connectivity index is 1.16. The average Bonchev–Trinajstić information content (AvgIpc) is 3.05. The molecule has 9 nitrogen and oxygen atoms in total. The largest absolute Gasteiger partial charge is 0.493 e. The molecule has 0 saturated carbocycles. The molecule has 0 N–H and O–H groups in total. The van der Waals surface area contributed by atoms with E-state index in [1.165, 1.54) is 29.1 Å². The van der Waals surface area contributed by atoms with Crippen molar-refractivity contribution in [3.63, 3.8) is 0 Å². The third-order valence-electron chi connectivity index (χ3n) is 7.48. The van der Waals surface area contributed by atoms with Crippen molar-refractivity contribution < 1.29 is 23.3 Å². The minimum atomic E-state index is -0.625. The van der Waals surface area contributed by atoms with Crippen molar-refractivity contribution in [1.82, 2.24) is 19.4 Å². The molecule has 1 fully saturated rings. The molecule has 0 unspecified atom stereocenters. The number of methoxy groups -OCH3 is 1. The predicted octanol–water partition coefficient (Wildman–Crippen LogP) is 5.41. The fourth-order valence-electron chi connectivity index (χ4n) is 5.16. The van der Waals surface area contributed by atoms with E-state index in [-0.39, 0.29) is 11.3 Å². The van der Waals surface area contributed by atoms with Crippen LogP contribution in [0, 0.1) is 5.82 Å². The molecule has 5 aromatic rings. The van der Waals surface area contributed by atoms with Crippen LogP contribution in [0.4, 0.5) is 4.39 Å². The summed E-state index contributed by atoms with van der Waals surface area (Å²) in [6.45, 7) is 4.88. The molecule has 3 aromatic carbocycles. The molecule has 1 aliphatic heterocycles. The molecule has 0 spiro atoms. The van der Waals surface area contributed by atoms with Crippen molar-refractivity contribution in [3.8, 4) is 28.7 Å². The molecule has 0 aliphatic carbocycles. The fraction of sp³-hybridized carbons (Fsp3) is 0.265. The van der Waals surface area contributed by atoms with Crippen LogP contribution in [0.3, 0.4) is 0 Å². The third-order valence-corrected chi connectivity index (χ3v) is 7.48. The number of nitrogens with zero attached hydrogens (tertiary/aromatic N) is 4. The van der Waals surface area contributed by atoms with Crippen LogP contribution in [0.15, 0.2) is 90.1 Å². The number of aromatic nitrogens is 3. The number of halogens is 1. The normalized spacial score (nSPS) is 13.6. The zero-order valence-corrected chi connectivity index (χ0v) is 24.4. The summed E-state index contributed by atoms with van der Waals surface area (Å²) in [5.74, 6) is 0.893. The van der Waals surface area contributed by atoms with E-state index in [4.69, 9.17) is 18.9 Å². The van der Waals surface area contributed by atoms with Gasteiger partial charge in [0, 0.05) is 55.8 Å². The summed E-state index contributed by atoms with van der Waals surface area (Å²) in [6.07, 6.45) is 4.42. The number of hydrogen-bond donors (Lipinski definition) is 0. The standard InChI is InChI=1S/C34H33FN4O5/c1-41-32-21-27-29(22-33(32)43-15-5-12-38-13-16-42-17-14-38)36-11-10-30(27)44-31-9-8-26(20-28(31)35)39-23-37-25(19-34(39)40)18-24-6-3-2-4-7-24/h2-4,6-11,19-23H,5,12-18H2,1H3. The highest BCUT2D eigenvalue weighted by molar-refractivity contribution is 5.88. The molecule has 0 atom stereocenters. The lowest BCUT2D eigenvalue weighted by Gasteiger charge is -2.26. The van der Waals surface area contributed by atoms with Gasteiger partial charge in [0.2, 0.25) is 0 Å². The number of fused-ring (bicyclic) bond motifs is 1. The summed E-state index contributed by atoms with van der Waals surface area (Å²) >= 11 is 0. The summed E-state index contributed by atoms with van der Waals surface area (Å²) in [7, 11) is 1.57. The highest BCUT2D eigenvalue weighted by atomic mass is 19.1. The van der Waals surface area contributed by atoms with Crippen molar-refractivity contribution in [3.05, 3.63) is 113 Å². The van der Waals surface area contributed by atoms with Gasteiger partial charge in [0.25, 0.3) is 5.56 Å². The highest BCUT2D eigenvalue weighted by Gasteiger charge is 2.15. The molecule has 0 bridgehead atoms. The number of rotatable bonds is 11. The molecule has 0 amide bonds. The van der Waals surface area contributed by atoms with Crippen LogP contribution in [0.1, 0.15) is 17.7 Å². The van der Waals surface area contributed by atoms with Gasteiger partial charge in [-0.3, -0.25) is 19.2 Å². The lowest BCUT2D eigenvalue weighted by atomic mass is 10.1. The monoisotopic (exact) mass is 596 g/mol. The third kappa shape index (κ3) is 6.88. The Bertz CT molecular complexity index is 1790. The van der Waals surface area contributed by atoms with E-state index in [1.54, 1.807) is 37.6 Å². The van der Waals surface area contributed by atoms with Crippen molar-refractivity contribution >= 4 is 10.9 Å². The lowest BCUT2D eigenvalue weighted by molar-refractivity contribution is 0.0357. The highest BCUT2D eigenvalue weighted by Crippen LogP contribution is 2.37. The van der Waals surface area contributed by atoms with E-state index in [0.29, 0.717) is 52.6 Å². The summed E-state index contributed by atoms with van der Waals surface area (Å²) in [6, 6.07) is 20.8. The van der Waals surface area contributed by atoms with Crippen LogP contribution in [-0.4, -0.2) is 66.0 Å². The Labute approximate surface area is 254 Å². The number of benzene rings is 3. The first-order valence-electron chi connectivity index (χ1n) is 14.6. The van der Waals surface area contributed by atoms with E-state index >= 15 is 4.39 Å². The molecular weight excluding hydrogens is 563 g/mol. The summed E-state index contributed by atoms with van der Waals surface area (Å²) < 4.78 is 39.7. The molecule has 10 heteroatoms. The predicted molar refractivity (Wildman–Crippen MR) is 165 cm³/mol. The van der Waals surface area contributed by atoms with Gasteiger partial charge in [-0.1, -0.05) is 30.3 Å². The van der Waals surface area contributed by atoms with Gasteiger partial charge in [-0.05, 0) is 36.2 Å². The quantitative estimate of drug-likeness (QED) is 0.187. The molecule has 226 valence electrons. The Hall–Kier alpha value is -4.80. The van der Waals surface area contributed by atoms with Crippen LogP contribution in [0.25, 0.3) is 16.6 Å². The average molecular weight is 597 g/mol. The first-order chi connectivity index (χ1) is 21.6. The second-order valence-electron chi connectivity index (χ2n) is 10.5.